The van der Waals surface area contributed by atoms with Crippen LogP contribution < -0.4 is 4.72 Å². The van der Waals surface area contributed by atoms with Crippen molar-refractivity contribution in [2.24, 2.45) is 0 Å². The van der Waals surface area contributed by atoms with E-state index in [0.29, 0.717) is 13.1 Å². The lowest BCUT2D eigenvalue weighted by atomic mass is 10.0. The number of fused-ring (bicyclic) bond motifs is 1. The van der Waals surface area contributed by atoms with Gasteiger partial charge in [-0.05, 0) is 17.5 Å². The number of H-pyrrole nitrogens is 1. The molecule has 0 aliphatic carbocycles. The van der Waals surface area contributed by atoms with Crippen molar-refractivity contribution in [1.29, 1.82) is 0 Å². The van der Waals surface area contributed by atoms with Crippen molar-refractivity contribution in [3.63, 3.8) is 0 Å². The number of nitrogens with one attached hydrogen (secondary N) is 2. The molecule has 1 aromatic heterocycles. The number of aromatic nitrogens is 2. The van der Waals surface area contributed by atoms with Gasteiger partial charge in [-0.1, -0.05) is 24.3 Å². The Balaban J connectivity index is 1.70. The minimum absolute atomic E-state index is 0.247. The van der Waals surface area contributed by atoms with Crippen LogP contribution in [0.2, 0.25) is 0 Å². The number of hydrogen-bond acceptors (Lipinski definition) is 3. The Morgan fingerprint density at radius 3 is 2.85 bits per heavy atom. The molecule has 0 atom stereocenters. The van der Waals surface area contributed by atoms with Gasteiger partial charge in [-0.25, -0.2) is 0 Å². The molecule has 3 rings (SSSR count). The first kappa shape index (κ1) is 13.3. The van der Waals surface area contributed by atoms with Crippen molar-refractivity contribution in [3.8, 4) is 0 Å². The molecule has 1 aromatic carbocycles. The molecule has 2 aromatic rings. The molecule has 0 saturated heterocycles. The van der Waals surface area contributed by atoms with Gasteiger partial charge in [0.15, 0.2) is 0 Å². The monoisotopic (exact) mass is 292 g/mol. The third-order valence-corrected chi connectivity index (χ3v) is 4.95. The summed E-state index contributed by atoms with van der Waals surface area (Å²) in [7, 11) is -3.46. The van der Waals surface area contributed by atoms with Gasteiger partial charge in [-0.3, -0.25) is 5.10 Å². The van der Waals surface area contributed by atoms with Gasteiger partial charge < -0.3 is 0 Å². The van der Waals surface area contributed by atoms with Crippen molar-refractivity contribution in [3.05, 3.63) is 53.3 Å². The highest BCUT2D eigenvalue weighted by Gasteiger charge is 2.26. The molecule has 0 spiro atoms. The third-order valence-electron chi connectivity index (χ3n) is 3.45. The summed E-state index contributed by atoms with van der Waals surface area (Å²) in [5, 5.41) is 6.45. The van der Waals surface area contributed by atoms with Gasteiger partial charge in [0.1, 0.15) is 0 Å². The highest BCUT2D eigenvalue weighted by molar-refractivity contribution is 7.87. The molecule has 1 aliphatic heterocycles. The van der Waals surface area contributed by atoms with Crippen LogP contribution >= 0.6 is 0 Å². The standard InChI is InChI=1S/C13H16N4O2S/c18-20(19,16-9-11-7-14-15-8-11)17-6-5-12-3-1-2-4-13(12)10-17/h1-4,7-8,16H,5-6,9-10H2,(H,14,15). The van der Waals surface area contributed by atoms with Crippen LogP contribution in [0.4, 0.5) is 0 Å². The fourth-order valence-electron chi connectivity index (χ4n) is 2.32. The number of benzene rings is 1. The first-order chi connectivity index (χ1) is 9.65. The minimum Gasteiger partial charge on any atom is -0.285 e. The Bertz CT molecular complexity index is 682. The van der Waals surface area contributed by atoms with E-state index in [0.717, 1.165) is 17.5 Å². The van der Waals surface area contributed by atoms with Crippen molar-refractivity contribution in [2.75, 3.05) is 6.54 Å². The summed E-state index contributed by atoms with van der Waals surface area (Å²) in [6, 6.07) is 7.96. The van der Waals surface area contributed by atoms with E-state index in [1.807, 2.05) is 18.2 Å². The van der Waals surface area contributed by atoms with Gasteiger partial charge in [0.25, 0.3) is 10.2 Å². The zero-order chi connectivity index (χ0) is 14.0. The normalized spacial score (nSPS) is 16.0. The average Bonchev–Trinajstić information content (AvgIpc) is 2.98. The van der Waals surface area contributed by atoms with E-state index in [1.54, 1.807) is 12.4 Å². The van der Waals surface area contributed by atoms with Crippen molar-refractivity contribution in [2.45, 2.75) is 19.5 Å². The average molecular weight is 292 g/mol. The molecule has 0 amide bonds. The van der Waals surface area contributed by atoms with E-state index in [2.05, 4.69) is 21.0 Å². The topological polar surface area (TPSA) is 78.1 Å². The Labute approximate surface area is 118 Å². The van der Waals surface area contributed by atoms with Crippen LogP contribution in [-0.4, -0.2) is 29.5 Å². The fraction of sp³-hybridized carbons (Fsp3) is 0.308. The van der Waals surface area contributed by atoms with E-state index in [4.69, 9.17) is 0 Å². The van der Waals surface area contributed by atoms with Crippen LogP contribution in [-0.2, 0) is 29.7 Å². The van der Waals surface area contributed by atoms with Crippen molar-refractivity contribution in [1.82, 2.24) is 19.2 Å². The zero-order valence-corrected chi connectivity index (χ0v) is 11.7. The molecule has 106 valence electrons. The predicted octanol–water partition coefficient (Wildman–Crippen LogP) is 0.802. The Hall–Kier alpha value is -1.70. The summed E-state index contributed by atoms with van der Waals surface area (Å²) >= 11 is 0. The molecule has 7 heteroatoms. The van der Waals surface area contributed by atoms with E-state index < -0.39 is 10.2 Å². The second kappa shape index (κ2) is 5.35. The van der Waals surface area contributed by atoms with E-state index >= 15 is 0 Å². The lowest BCUT2D eigenvalue weighted by Crippen LogP contribution is -2.43. The quantitative estimate of drug-likeness (QED) is 0.875. The molecule has 2 N–H and O–H groups in total. The van der Waals surface area contributed by atoms with Crippen LogP contribution in [0, 0.1) is 0 Å². The van der Waals surface area contributed by atoms with Gasteiger partial charge in [0, 0.05) is 31.4 Å². The van der Waals surface area contributed by atoms with Crippen LogP contribution in [0.5, 0.6) is 0 Å². The Kier molecular flexibility index (Phi) is 3.56. The minimum atomic E-state index is -3.46. The van der Waals surface area contributed by atoms with Crippen LogP contribution in [0.25, 0.3) is 0 Å². The van der Waals surface area contributed by atoms with Crippen LogP contribution in [0.15, 0.2) is 36.7 Å². The highest BCUT2D eigenvalue weighted by Crippen LogP contribution is 2.20. The molecule has 0 fully saturated rings. The summed E-state index contributed by atoms with van der Waals surface area (Å²) < 4.78 is 28.6. The van der Waals surface area contributed by atoms with Crippen LogP contribution in [0.3, 0.4) is 0 Å². The largest absolute Gasteiger partial charge is 0.285 e. The number of hydrogen-bond donors (Lipinski definition) is 2. The first-order valence-electron chi connectivity index (χ1n) is 6.44. The molecule has 1 aliphatic rings. The predicted molar refractivity (Wildman–Crippen MR) is 74.9 cm³/mol. The maximum atomic E-state index is 12.3. The van der Waals surface area contributed by atoms with Gasteiger partial charge in [0.2, 0.25) is 0 Å². The summed E-state index contributed by atoms with van der Waals surface area (Å²) in [5.41, 5.74) is 3.12. The summed E-state index contributed by atoms with van der Waals surface area (Å²) in [6.45, 7) is 1.19. The van der Waals surface area contributed by atoms with Crippen molar-refractivity contribution < 1.29 is 8.42 Å². The van der Waals surface area contributed by atoms with E-state index in [1.165, 1.54) is 9.87 Å². The van der Waals surface area contributed by atoms with Crippen molar-refractivity contribution >= 4 is 10.2 Å². The Morgan fingerprint density at radius 2 is 2.10 bits per heavy atom. The molecule has 0 radical (unpaired) electrons. The summed E-state index contributed by atoms with van der Waals surface area (Å²) in [6.07, 6.45) is 4.03. The molecule has 0 unspecified atom stereocenters. The maximum absolute atomic E-state index is 12.3. The summed E-state index contributed by atoms with van der Waals surface area (Å²) in [5.74, 6) is 0. The molecular weight excluding hydrogens is 276 g/mol. The number of rotatable bonds is 4. The molecule has 20 heavy (non-hydrogen) atoms. The first-order valence-corrected chi connectivity index (χ1v) is 7.88. The van der Waals surface area contributed by atoms with Gasteiger partial charge in [-0.2, -0.15) is 22.5 Å². The van der Waals surface area contributed by atoms with Gasteiger partial charge in [0.05, 0.1) is 6.20 Å². The lowest BCUT2D eigenvalue weighted by molar-refractivity contribution is 0.384. The zero-order valence-electron chi connectivity index (χ0n) is 10.9. The lowest BCUT2D eigenvalue weighted by Gasteiger charge is -2.28. The second-order valence-electron chi connectivity index (χ2n) is 4.78. The van der Waals surface area contributed by atoms with Gasteiger partial charge >= 0.3 is 0 Å². The van der Waals surface area contributed by atoms with E-state index in [-0.39, 0.29) is 6.54 Å². The third kappa shape index (κ3) is 2.74. The Morgan fingerprint density at radius 1 is 1.30 bits per heavy atom. The second-order valence-corrected chi connectivity index (χ2v) is 6.54. The molecular formula is C13H16N4O2S. The number of nitrogens with zero attached hydrogens (tertiary/aromatic N) is 2. The van der Waals surface area contributed by atoms with Crippen LogP contribution in [0.1, 0.15) is 16.7 Å². The molecule has 2 heterocycles. The smallest absolute Gasteiger partial charge is 0.280 e. The number of aromatic amines is 1. The molecule has 6 nitrogen and oxygen atoms in total. The highest BCUT2D eigenvalue weighted by atomic mass is 32.2. The maximum Gasteiger partial charge on any atom is 0.280 e. The molecule has 0 saturated carbocycles. The molecule has 0 bridgehead atoms. The fourth-order valence-corrected chi connectivity index (χ4v) is 3.49. The van der Waals surface area contributed by atoms with E-state index in [9.17, 15) is 8.42 Å². The summed E-state index contributed by atoms with van der Waals surface area (Å²) in [4.78, 5) is 0. The van der Waals surface area contributed by atoms with Gasteiger partial charge in [-0.15, -0.1) is 0 Å². The SMILES string of the molecule is O=S(=O)(NCc1cn[nH]c1)N1CCc2ccccc2C1.